The zero-order chi connectivity index (χ0) is 25.8. The van der Waals surface area contributed by atoms with E-state index in [1.165, 1.54) is 7.11 Å². The van der Waals surface area contributed by atoms with Crippen LogP contribution in [0.4, 0.5) is 11.8 Å². The van der Waals surface area contributed by atoms with Crippen LogP contribution in [0.3, 0.4) is 0 Å². The molecule has 3 aliphatic heterocycles. The summed E-state index contributed by atoms with van der Waals surface area (Å²) < 4.78 is 17.4. The van der Waals surface area contributed by atoms with Crippen molar-refractivity contribution in [2.75, 3.05) is 37.4 Å². The number of carbonyl (C=O) groups excluding carboxylic acids is 2. The van der Waals surface area contributed by atoms with E-state index in [0.717, 1.165) is 5.56 Å². The second-order valence-corrected chi connectivity index (χ2v) is 8.82. The predicted octanol–water partition coefficient (Wildman–Crippen LogP) is 1.53. The Morgan fingerprint density at radius 2 is 1.97 bits per heavy atom. The van der Waals surface area contributed by atoms with Gasteiger partial charge in [0.2, 0.25) is 5.95 Å². The number of amides is 2. The Morgan fingerprint density at radius 1 is 1.14 bits per heavy atom. The van der Waals surface area contributed by atoms with E-state index in [4.69, 9.17) is 19.9 Å². The molecule has 0 unspecified atom stereocenters. The molecular formula is C26H28N6O5. The molecule has 192 valence electrons. The molecule has 0 saturated carbocycles. The highest BCUT2D eigenvalue weighted by atomic mass is 16.5. The standard InChI is InChI=1S/C26H28N6O5/c1-35-21-7-4-17-12-22(21)36-15-24(33)29-13-16-2-5-18(6-3-16)37-20-9-11-32(14-19(20)30-25(17)34)23-8-10-28-26(27)31-23/h2-8,10,12,19-20H,9,11,13-15H2,1H3,(H,29,33)(H,30,34)(H2,27,28,31)/t19-,20+/m0/s1. The van der Waals surface area contributed by atoms with Crippen molar-refractivity contribution in [3.8, 4) is 17.2 Å². The molecule has 4 heterocycles. The van der Waals surface area contributed by atoms with Crippen LogP contribution in [0.1, 0.15) is 22.3 Å². The van der Waals surface area contributed by atoms with E-state index in [-0.39, 0.29) is 36.5 Å². The van der Waals surface area contributed by atoms with Gasteiger partial charge in [-0.1, -0.05) is 12.1 Å². The number of ether oxygens (including phenoxy) is 3. The summed E-state index contributed by atoms with van der Waals surface area (Å²) >= 11 is 0. The first-order chi connectivity index (χ1) is 18.0. The number of anilines is 2. The minimum absolute atomic E-state index is 0.188. The van der Waals surface area contributed by atoms with Crippen molar-refractivity contribution in [3.63, 3.8) is 0 Å². The SMILES string of the molecule is COc1ccc2cc1OCC(=O)NCc1ccc(cc1)O[C@@H]1CCN(c3ccnc(N)n3)C[C@@H]1NC2=O. The van der Waals surface area contributed by atoms with E-state index >= 15 is 0 Å². The number of nitrogens with one attached hydrogen (secondary N) is 2. The van der Waals surface area contributed by atoms with Crippen LogP contribution in [0.25, 0.3) is 0 Å². The van der Waals surface area contributed by atoms with Crippen molar-refractivity contribution in [3.05, 3.63) is 65.9 Å². The van der Waals surface area contributed by atoms with Gasteiger partial charge in [-0.2, -0.15) is 4.98 Å². The van der Waals surface area contributed by atoms with E-state index < -0.39 is 0 Å². The van der Waals surface area contributed by atoms with Gasteiger partial charge in [0, 0.05) is 37.8 Å². The first-order valence-electron chi connectivity index (χ1n) is 12.0. The molecule has 1 fully saturated rings. The van der Waals surface area contributed by atoms with E-state index in [9.17, 15) is 9.59 Å². The number of methoxy groups -OCH3 is 1. The minimum atomic E-state index is -0.359. The van der Waals surface area contributed by atoms with Crippen molar-refractivity contribution < 1.29 is 23.8 Å². The van der Waals surface area contributed by atoms with Crippen LogP contribution in [0.15, 0.2) is 54.7 Å². The highest BCUT2D eigenvalue weighted by molar-refractivity contribution is 5.95. The van der Waals surface area contributed by atoms with E-state index in [2.05, 4.69) is 20.6 Å². The maximum Gasteiger partial charge on any atom is 0.258 e. The average molecular weight is 505 g/mol. The van der Waals surface area contributed by atoms with Gasteiger partial charge in [-0.25, -0.2) is 4.98 Å². The van der Waals surface area contributed by atoms with Gasteiger partial charge in [0.25, 0.3) is 11.8 Å². The topological polar surface area (TPSA) is 141 Å². The molecule has 0 radical (unpaired) electrons. The Morgan fingerprint density at radius 3 is 2.76 bits per heavy atom. The van der Waals surface area contributed by atoms with Crippen LogP contribution in [0.5, 0.6) is 17.2 Å². The number of fused-ring (bicyclic) bond motifs is 7. The van der Waals surface area contributed by atoms with Gasteiger partial charge in [0.15, 0.2) is 18.1 Å². The Hall–Kier alpha value is -4.54. The number of aromatic nitrogens is 2. The summed E-state index contributed by atoms with van der Waals surface area (Å²) in [7, 11) is 1.50. The molecule has 1 saturated heterocycles. The second-order valence-electron chi connectivity index (χ2n) is 8.82. The van der Waals surface area contributed by atoms with Gasteiger partial charge >= 0.3 is 0 Å². The molecule has 2 aromatic carbocycles. The molecule has 2 amide bonds. The monoisotopic (exact) mass is 504 g/mol. The number of piperidine rings is 1. The number of nitrogens with zero attached hydrogens (tertiary/aromatic N) is 3. The number of hydrogen-bond acceptors (Lipinski definition) is 9. The maximum absolute atomic E-state index is 13.4. The Bertz CT molecular complexity index is 1280. The van der Waals surface area contributed by atoms with E-state index in [0.29, 0.717) is 54.7 Å². The molecule has 6 rings (SSSR count). The zero-order valence-electron chi connectivity index (χ0n) is 20.3. The van der Waals surface area contributed by atoms with Crippen molar-refractivity contribution in [1.82, 2.24) is 20.6 Å². The summed E-state index contributed by atoms with van der Waals surface area (Å²) in [6.07, 6.45) is 1.97. The summed E-state index contributed by atoms with van der Waals surface area (Å²) in [4.78, 5) is 36.0. The normalized spacial score (nSPS) is 20.0. The van der Waals surface area contributed by atoms with E-state index in [1.54, 1.807) is 30.5 Å². The van der Waals surface area contributed by atoms with Gasteiger partial charge in [-0.05, 0) is 42.0 Å². The number of carbonyl (C=O) groups is 2. The molecule has 1 aromatic heterocycles. The highest BCUT2D eigenvalue weighted by Crippen LogP contribution is 2.29. The van der Waals surface area contributed by atoms with Crippen molar-refractivity contribution in [2.45, 2.75) is 25.1 Å². The van der Waals surface area contributed by atoms with Crippen LogP contribution in [0.2, 0.25) is 0 Å². The lowest BCUT2D eigenvalue weighted by molar-refractivity contribution is -0.123. The summed E-state index contributed by atoms with van der Waals surface area (Å²) in [6, 6.07) is 13.8. The third kappa shape index (κ3) is 5.66. The van der Waals surface area contributed by atoms with Crippen LogP contribution < -0.4 is 35.5 Å². The van der Waals surface area contributed by atoms with Gasteiger partial charge in [0.05, 0.1) is 13.2 Å². The lowest BCUT2D eigenvalue weighted by atomic mass is 10.0. The molecule has 2 atom stereocenters. The fourth-order valence-electron chi connectivity index (χ4n) is 4.40. The predicted molar refractivity (Wildman–Crippen MR) is 136 cm³/mol. The van der Waals surface area contributed by atoms with Crippen LogP contribution >= 0.6 is 0 Å². The highest BCUT2D eigenvalue weighted by Gasteiger charge is 2.33. The third-order valence-corrected chi connectivity index (χ3v) is 6.33. The molecule has 3 aliphatic rings. The zero-order valence-corrected chi connectivity index (χ0v) is 20.3. The number of nitrogen functional groups attached to an aromatic ring is 1. The number of hydrogen-bond donors (Lipinski definition) is 3. The Kier molecular flexibility index (Phi) is 6.93. The number of rotatable bonds is 2. The fraction of sp³-hybridized carbons (Fsp3) is 0.308. The first kappa shape index (κ1) is 24.2. The number of nitrogens with two attached hydrogens (primary N) is 1. The van der Waals surface area contributed by atoms with Crippen molar-refractivity contribution in [2.24, 2.45) is 0 Å². The summed E-state index contributed by atoms with van der Waals surface area (Å²) in [5, 5.41) is 5.95. The molecule has 0 aliphatic carbocycles. The molecule has 11 heteroatoms. The van der Waals surface area contributed by atoms with Gasteiger partial charge in [0.1, 0.15) is 17.7 Å². The quantitative estimate of drug-likeness (QED) is 0.474. The first-order valence-corrected chi connectivity index (χ1v) is 12.0. The smallest absolute Gasteiger partial charge is 0.258 e. The number of benzene rings is 2. The third-order valence-electron chi connectivity index (χ3n) is 6.33. The average Bonchev–Trinajstić information content (AvgIpc) is 2.92. The van der Waals surface area contributed by atoms with Gasteiger partial charge in [-0.3, -0.25) is 9.59 Å². The second kappa shape index (κ2) is 10.6. The summed E-state index contributed by atoms with van der Waals surface area (Å²) in [5.41, 5.74) is 7.08. The molecule has 4 N–H and O–H groups in total. The lowest BCUT2D eigenvalue weighted by Crippen LogP contribution is -2.57. The summed E-state index contributed by atoms with van der Waals surface area (Å²) in [6.45, 7) is 1.26. The van der Waals surface area contributed by atoms with Crippen LogP contribution in [0, 0.1) is 0 Å². The minimum Gasteiger partial charge on any atom is -0.493 e. The van der Waals surface area contributed by atoms with Gasteiger partial charge < -0.3 is 35.5 Å². The van der Waals surface area contributed by atoms with Crippen LogP contribution in [-0.2, 0) is 11.3 Å². The molecule has 4 bridgehead atoms. The Labute approximate surface area is 213 Å². The molecule has 3 aromatic rings. The van der Waals surface area contributed by atoms with Crippen molar-refractivity contribution in [1.29, 1.82) is 0 Å². The largest absolute Gasteiger partial charge is 0.493 e. The molecule has 37 heavy (non-hydrogen) atoms. The summed E-state index contributed by atoms with van der Waals surface area (Å²) in [5.74, 6) is 1.67. The lowest BCUT2D eigenvalue weighted by Gasteiger charge is -2.39. The van der Waals surface area contributed by atoms with E-state index in [1.807, 2.05) is 29.2 Å². The molecule has 0 spiro atoms. The molecular weight excluding hydrogens is 476 g/mol. The molecule has 11 nitrogen and oxygen atoms in total. The van der Waals surface area contributed by atoms with Crippen molar-refractivity contribution >= 4 is 23.6 Å². The maximum atomic E-state index is 13.4. The Balaban J connectivity index is 1.46. The van der Waals surface area contributed by atoms with Crippen LogP contribution in [-0.4, -0.2) is 60.7 Å². The fourth-order valence-corrected chi connectivity index (χ4v) is 4.40. The van der Waals surface area contributed by atoms with Gasteiger partial charge in [-0.15, -0.1) is 0 Å².